The van der Waals surface area contributed by atoms with E-state index in [1.54, 1.807) is 11.8 Å². The highest BCUT2D eigenvalue weighted by atomic mass is 32.2. The predicted octanol–water partition coefficient (Wildman–Crippen LogP) is 4.06. The smallest absolute Gasteiger partial charge is 0.121 e. The van der Waals surface area contributed by atoms with E-state index < -0.39 is 0 Å². The first kappa shape index (κ1) is 11.4. The van der Waals surface area contributed by atoms with Gasteiger partial charge in [-0.05, 0) is 36.9 Å². The largest absolute Gasteiger partial charge is 0.321 e. The lowest BCUT2D eigenvalue weighted by molar-refractivity contribution is 0.984. The first-order chi connectivity index (χ1) is 8.81. The van der Waals surface area contributed by atoms with Gasteiger partial charge >= 0.3 is 0 Å². The topological polar surface area (TPSA) is 17.8 Å². The normalized spacial score (nSPS) is 11.0. The van der Waals surface area contributed by atoms with Gasteiger partial charge in [0.2, 0.25) is 0 Å². The van der Waals surface area contributed by atoms with Gasteiger partial charge in [0.05, 0.1) is 11.2 Å². The van der Waals surface area contributed by atoms with Crippen molar-refractivity contribution in [3.05, 3.63) is 54.4 Å². The van der Waals surface area contributed by atoms with Crippen molar-refractivity contribution in [3.8, 4) is 5.69 Å². The van der Waals surface area contributed by atoms with E-state index in [4.69, 9.17) is 4.98 Å². The molecular formula is C15H14N2S. The second-order valence-electron chi connectivity index (χ2n) is 4.20. The summed E-state index contributed by atoms with van der Waals surface area (Å²) in [5.41, 5.74) is 3.53. The molecule has 0 spiro atoms. The summed E-state index contributed by atoms with van der Waals surface area (Å²) in [6.45, 7) is 2.17. The Morgan fingerprint density at radius 1 is 1.06 bits per heavy atom. The Balaban J connectivity index is 2.39. The maximum Gasteiger partial charge on any atom is 0.121 e. The molecule has 90 valence electrons. The second-order valence-corrected chi connectivity index (χ2v) is 5.00. The van der Waals surface area contributed by atoms with Crippen molar-refractivity contribution in [2.24, 2.45) is 0 Å². The summed E-state index contributed by atoms with van der Waals surface area (Å²) >= 11 is 1.69. The standard InChI is InChI=1S/C15H14N2S/c1-11-12-7-3-4-8-13(12)16-15(18-2)14(11)17-9-5-6-10-17/h3-10H,1-2H3. The van der Waals surface area contributed by atoms with Gasteiger partial charge in [0.1, 0.15) is 5.03 Å². The molecule has 0 saturated carbocycles. The maximum atomic E-state index is 4.75. The molecule has 0 aliphatic carbocycles. The highest BCUT2D eigenvalue weighted by Gasteiger charge is 2.12. The molecule has 2 aromatic heterocycles. The molecule has 0 amide bonds. The highest BCUT2D eigenvalue weighted by molar-refractivity contribution is 7.98. The Morgan fingerprint density at radius 3 is 2.50 bits per heavy atom. The maximum absolute atomic E-state index is 4.75. The fourth-order valence-electron chi connectivity index (χ4n) is 2.27. The molecular weight excluding hydrogens is 240 g/mol. The van der Waals surface area contributed by atoms with Gasteiger partial charge in [-0.2, -0.15) is 0 Å². The van der Waals surface area contributed by atoms with Crippen molar-refractivity contribution in [1.29, 1.82) is 0 Å². The van der Waals surface area contributed by atoms with E-state index in [1.165, 1.54) is 16.6 Å². The minimum absolute atomic E-state index is 1.07. The lowest BCUT2D eigenvalue weighted by atomic mass is 10.1. The molecule has 0 aliphatic heterocycles. The number of hydrogen-bond acceptors (Lipinski definition) is 2. The Morgan fingerprint density at radius 2 is 1.78 bits per heavy atom. The zero-order valence-electron chi connectivity index (χ0n) is 10.4. The molecule has 0 radical (unpaired) electrons. The molecule has 3 heteroatoms. The third-order valence-corrected chi connectivity index (χ3v) is 3.82. The zero-order chi connectivity index (χ0) is 12.5. The number of benzene rings is 1. The van der Waals surface area contributed by atoms with Crippen molar-refractivity contribution in [3.63, 3.8) is 0 Å². The molecule has 0 bridgehead atoms. The molecule has 0 N–H and O–H groups in total. The molecule has 3 aromatic rings. The Labute approximate surface area is 111 Å². The van der Waals surface area contributed by atoms with Crippen LogP contribution >= 0.6 is 11.8 Å². The average Bonchev–Trinajstić information content (AvgIpc) is 2.92. The van der Waals surface area contributed by atoms with Crippen molar-refractivity contribution >= 4 is 22.7 Å². The van der Waals surface area contributed by atoms with E-state index in [2.05, 4.69) is 48.3 Å². The number of hydrogen-bond donors (Lipinski definition) is 0. The summed E-state index contributed by atoms with van der Waals surface area (Å²) in [4.78, 5) is 4.75. The van der Waals surface area contributed by atoms with Crippen molar-refractivity contribution < 1.29 is 0 Å². The molecule has 3 rings (SSSR count). The number of nitrogens with zero attached hydrogens (tertiary/aromatic N) is 2. The fourth-order valence-corrected chi connectivity index (χ4v) is 2.91. The molecule has 0 fully saturated rings. The molecule has 2 heterocycles. The third-order valence-electron chi connectivity index (χ3n) is 3.14. The van der Waals surface area contributed by atoms with E-state index in [1.807, 2.05) is 18.2 Å². The van der Waals surface area contributed by atoms with Gasteiger partial charge in [-0.3, -0.25) is 0 Å². The lowest BCUT2D eigenvalue weighted by Crippen LogP contribution is -2.00. The SMILES string of the molecule is CSc1nc2ccccc2c(C)c1-n1cccc1. The molecule has 2 nitrogen and oxygen atoms in total. The van der Waals surface area contributed by atoms with Crippen LogP contribution in [0.15, 0.2) is 53.8 Å². The van der Waals surface area contributed by atoms with Crippen LogP contribution in [0.2, 0.25) is 0 Å². The van der Waals surface area contributed by atoms with Crippen molar-refractivity contribution in [2.45, 2.75) is 11.9 Å². The van der Waals surface area contributed by atoms with Crippen LogP contribution in [-0.4, -0.2) is 15.8 Å². The van der Waals surface area contributed by atoms with Crippen molar-refractivity contribution in [1.82, 2.24) is 9.55 Å². The van der Waals surface area contributed by atoms with E-state index in [0.717, 1.165) is 10.5 Å². The lowest BCUT2D eigenvalue weighted by Gasteiger charge is -2.14. The number of fused-ring (bicyclic) bond motifs is 1. The number of aryl methyl sites for hydroxylation is 1. The number of pyridine rings is 1. The Bertz CT molecular complexity index is 687. The summed E-state index contributed by atoms with van der Waals surface area (Å²) in [6.07, 6.45) is 6.21. The third kappa shape index (κ3) is 1.71. The minimum Gasteiger partial charge on any atom is -0.321 e. The molecule has 1 aromatic carbocycles. The van der Waals surface area contributed by atoms with Gasteiger partial charge in [-0.1, -0.05) is 18.2 Å². The molecule has 0 saturated heterocycles. The van der Waals surface area contributed by atoms with Crippen LogP contribution in [0.3, 0.4) is 0 Å². The summed E-state index contributed by atoms with van der Waals surface area (Å²) in [6, 6.07) is 12.4. The van der Waals surface area contributed by atoms with Crippen LogP contribution in [0.25, 0.3) is 16.6 Å². The highest BCUT2D eigenvalue weighted by Crippen LogP contribution is 2.30. The number of aromatic nitrogens is 2. The number of thioether (sulfide) groups is 1. The zero-order valence-corrected chi connectivity index (χ0v) is 11.2. The van der Waals surface area contributed by atoms with Crippen LogP contribution in [0, 0.1) is 6.92 Å². The molecule has 0 unspecified atom stereocenters. The predicted molar refractivity (Wildman–Crippen MR) is 77.6 cm³/mol. The van der Waals surface area contributed by atoms with E-state index in [-0.39, 0.29) is 0 Å². The van der Waals surface area contributed by atoms with Gasteiger partial charge in [0.15, 0.2) is 0 Å². The first-order valence-electron chi connectivity index (χ1n) is 5.88. The summed E-state index contributed by atoms with van der Waals surface area (Å²) < 4.78 is 2.14. The van der Waals surface area contributed by atoms with Gasteiger partial charge < -0.3 is 4.57 Å². The summed E-state index contributed by atoms with van der Waals surface area (Å²) in [5.74, 6) is 0. The molecule has 0 aliphatic rings. The second kappa shape index (κ2) is 4.50. The Hall–Kier alpha value is -1.74. The van der Waals surface area contributed by atoms with Crippen LogP contribution in [0.4, 0.5) is 0 Å². The Kier molecular flexibility index (Phi) is 2.84. The van der Waals surface area contributed by atoms with E-state index in [9.17, 15) is 0 Å². The van der Waals surface area contributed by atoms with Crippen molar-refractivity contribution in [2.75, 3.05) is 6.26 Å². The fraction of sp³-hybridized carbons (Fsp3) is 0.133. The van der Waals surface area contributed by atoms with Crippen LogP contribution in [-0.2, 0) is 0 Å². The monoisotopic (exact) mass is 254 g/mol. The van der Waals surface area contributed by atoms with Gasteiger partial charge in [-0.15, -0.1) is 11.8 Å². The molecule has 18 heavy (non-hydrogen) atoms. The van der Waals surface area contributed by atoms with Crippen LogP contribution in [0.5, 0.6) is 0 Å². The first-order valence-corrected chi connectivity index (χ1v) is 7.10. The van der Waals surface area contributed by atoms with Gasteiger partial charge in [0, 0.05) is 17.8 Å². The van der Waals surface area contributed by atoms with Gasteiger partial charge in [0.25, 0.3) is 0 Å². The quantitative estimate of drug-likeness (QED) is 0.642. The average molecular weight is 254 g/mol. The molecule has 0 atom stereocenters. The number of para-hydroxylation sites is 1. The van der Waals surface area contributed by atoms with Gasteiger partial charge in [-0.25, -0.2) is 4.98 Å². The van der Waals surface area contributed by atoms with Crippen LogP contribution < -0.4 is 0 Å². The summed E-state index contributed by atoms with van der Waals surface area (Å²) in [7, 11) is 0. The minimum atomic E-state index is 1.07. The van der Waals surface area contributed by atoms with E-state index >= 15 is 0 Å². The number of rotatable bonds is 2. The summed E-state index contributed by atoms with van der Waals surface area (Å²) in [5, 5.41) is 2.29. The van der Waals surface area contributed by atoms with E-state index in [0.29, 0.717) is 0 Å². The van der Waals surface area contributed by atoms with Crippen LogP contribution in [0.1, 0.15) is 5.56 Å².